The maximum Gasteiger partial charge on any atom is 0.290 e. The second kappa shape index (κ2) is 5.30. The van der Waals surface area contributed by atoms with Crippen LogP contribution in [0.1, 0.15) is 12.0 Å². The number of anilines is 1. The van der Waals surface area contributed by atoms with Gasteiger partial charge in [-0.1, -0.05) is 18.2 Å². The van der Waals surface area contributed by atoms with Crippen LogP contribution in [0.25, 0.3) is 6.08 Å². The van der Waals surface area contributed by atoms with Crippen LogP contribution in [0, 0.1) is 0 Å². The van der Waals surface area contributed by atoms with Gasteiger partial charge in [0.15, 0.2) is 0 Å². The molecule has 0 radical (unpaired) electrons. The van der Waals surface area contributed by atoms with Crippen LogP contribution in [0.2, 0.25) is 0 Å². The number of para-hydroxylation sites is 1. The highest BCUT2D eigenvalue weighted by molar-refractivity contribution is 8.18. The molecular formula is C14H15N3O2S. The van der Waals surface area contributed by atoms with Crippen LogP contribution in [-0.4, -0.2) is 30.3 Å². The van der Waals surface area contributed by atoms with E-state index in [9.17, 15) is 9.59 Å². The third-order valence-electron chi connectivity index (χ3n) is 3.43. The van der Waals surface area contributed by atoms with Gasteiger partial charge in [-0.05, 0) is 35.9 Å². The van der Waals surface area contributed by atoms with Gasteiger partial charge in [-0.3, -0.25) is 14.9 Å². The van der Waals surface area contributed by atoms with Crippen molar-refractivity contribution < 1.29 is 9.59 Å². The van der Waals surface area contributed by atoms with Gasteiger partial charge in [0.1, 0.15) is 0 Å². The van der Waals surface area contributed by atoms with Gasteiger partial charge < -0.3 is 10.6 Å². The molecule has 2 amide bonds. The van der Waals surface area contributed by atoms with Crippen LogP contribution >= 0.6 is 11.8 Å². The molecular weight excluding hydrogens is 274 g/mol. The minimum Gasteiger partial charge on any atom is -0.369 e. The number of nitrogens with zero attached hydrogens (tertiary/aromatic N) is 1. The highest BCUT2D eigenvalue weighted by Gasteiger charge is 2.26. The summed E-state index contributed by atoms with van der Waals surface area (Å²) in [6, 6.07) is 8.05. The van der Waals surface area contributed by atoms with Gasteiger partial charge in [0, 0.05) is 24.8 Å². The van der Waals surface area contributed by atoms with Gasteiger partial charge in [-0.2, -0.15) is 0 Å². The van der Waals surface area contributed by atoms with E-state index in [1.165, 1.54) is 0 Å². The normalized spacial score (nSPS) is 24.6. The molecule has 5 nitrogen and oxygen atoms in total. The SMILES string of the molecule is N[C@H]1CCN(c2ccccc2/C=C2\SC(=O)NC2=O)C1. The summed E-state index contributed by atoms with van der Waals surface area (Å²) in [5, 5.41) is 1.95. The van der Waals surface area contributed by atoms with Gasteiger partial charge in [-0.25, -0.2) is 0 Å². The highest BCUT2D eigenvalue weighted by atomic mass is 32.2. The summed E-state index contributed by atoms with van der Waals surface area (Å²) in [7, 11) is 0. The number of thioether (sulfide) groups is 1. The lowest BCUT2D eigenvalue weighted by Gasteiger charge is -2.20. The van der Waals surface area contributed by atoms with Crippen molar-refractivity contribution >= 4 is 34.7 Å². The first-order valence-electron chi connectivity index (χ1n) is 6.48. The van der Waals surface area contributed by atoms with Gasteiger partial charge in [0.25, 0.3) is 11.1 Å². The Morgan fingerprint density at radius 2 is 2.15 bits per heavy atom. The maximum atomic E-state index is 11.6. The zero-order chi connectivity index (χ0) is 14.1. The number of carbonyl (C=O) groups excluding carboxylic acids is 2. The molecule has 1 aromatic carbocycles. The molecule has 20 heavy (non-hydrogen) atoms. The number of benzene rings is 1. The van der Waals surface area contributed by atoms with Crippen molar-refractivity contribution in [2.24, 2.45) is 5.73 Å². The van der Waals surface area contributed by atoms with Crippen molar-refractivity contribution in [3.05, 3.63) is 34.7 Å². The number of rotatable bonds is 2. The fraction of sp³-hybridized carbons (Fsp3) is 0.286. The van der Waals surface area contributed by atoms with Gasteiger partial charge in [-0.15, -0.1) is 0 Å². The Kier molecular flexibility index (Phi) is 3.50. The average Bonchev–Trinajstić information content (AvgIpc) is 2.97. The molecule has 0 saturated carbocycles. The molecule has 0 spiro atoms. The first-order valence-corrected chi connectivity index (χ1v) is 7.29. The van der Waals surface area contributed by atoms with E-state index in [1.54, 1.807) is 6.08 Å². The summed E-state index contributed by atoms with van der Waals surface area (Å²) in [6.45, 7) is 1.73. The molecule has 2 aliphatic heterocycles. The first-order chi connectivity index (χ1) is 9.63. The topological polar surface area (TPSA) is 75.4 Å². The van der Waals surface area contributed by atoms with Crippen LogP contribution in [-0.2, 0) is 4.79 Å². The fourth-order valence-electron chi connectivity index (χ4n) is 2.47. The Bertz CT molecular complexity index is 600. The number of amides is 2. The van der Waals surface area contributed by atoms with Crippen molar-refractivity contribution in [2.45, 2.75) is 12.5 Å². The molecule has 3 N–H and O–H groups in total. The molecule has 3 rings (SSSR count). The lowest BCUT2D eigenvalue weighted by Crippen LogP contribution is -2.26. The van der Waals surface area contributed by atoms with E-state index >= 15 is 0 Å². The summed E-state index contributed by atoms with van der Waals surface area (Å²) in [4.78, 5) is 25.5. The largest absolute Gasteiger partial charge is 0.369 e. The van der Waals surface area contributed by atoms with Crippen LogP contribution in [0.5, 0.6) is 0 Å². The molecule has 0 aliphatic carbocycles. The molecule has 2 heterocycles. The zero-order valence-electron chi connectivity index (χ0n) is 10.8. The second-order valence-electron chi connectivity index (χ2n) is 4.91. The Labute approximate surface area is 121 Å². The molecule has 0 bridgehead atoms. The number of hydrogen-bond acceptors (Lipinski definition) is 5. The van der Waals surface area contributed by atoms with Gasteiger partial charge in [0.05, 0.1) is 4.91 Å². The van der Waals surface area contributed by atoms with E-state index in [0.29, 0.717) is 4.91 Å². The highest BCUT2D eigenvalue weighted by Crippen LogP contribution is 2.30. The Balaban J connectivity index is 1.92. The third kappa shape index (κ3) is 2.57. The molecule has 0 aromatic heterocycles. The third-order valence-corrected chi connectivity index (χ3v) is 4.24. The van der Waals surface area contributed by atoms with E-state index in [4.69, 9.17) is 5.73 Å². The molecule has 6 heteroatoms. The predicted molar refractivity (Wildman–Crippen MR) is 80.4 cm³/mol. The van der Waals surface area contributed by atoms with E-state index in [0.717, 1.165) is 42.5 Å². The monoisotopic (exact) mass is 289 g/mol. The Hall–Kier alpha value is -1.79. The van der Waals surface area contributed by atoms with Crippen LogP contribution < -0.4 is 16.0 Å². The molecule has 0 unspecified atom stereocenters. The Morgan fingerprint density at radius 3 is 2.80 bits per heavy atom. The van der Waals surface area contributed by atoms with Crippen molar-refractivity contribution in [1.29, 1.82) is 0 Å². The molecule has 104 valence electrons. The lowest BCUT2D eigenvalue weighted by molar-refractivity contribution is -0.115. The van der Waals surface area contributed by atoms with Crippen molar-refractivity contribution in [1.82, 2.24) is 5.32 Å². The number of imide groups is 1. The molecule has 2 fully saturated rings. The zero-order valence-corrected chi connectivity index (χ0v) is 11.7. The Morgan fingerprint density at radius 1 is 1.35 bits per heavy atom. The lowest BCUT2D eigenvalue weighted by atomic mass is 10.1. The molecule has 1 aromatic rings. The summed E-state index contributed by atoms with van der Waals surface area (Å²) in [5.41, 5.74) is 7.94. The number of carbonyl (C=O) groups is 2. The summed E-state index contributed by atoms with van der Waals surface area (Å²) >= 11 is 0.939. The van der Waals surface area contributed by atoms with E-state index in [1.807, 2.05) is 24.3 Å². The predicted octanol–water partition coefficient (Wildman–Crippen LogP) is 1.55. The van der Waals surface area contributed by atoms with E-state index in [2.05, 4.69) is 10.2 Å². The molecule has 1 atom stereocenters. The number of nitrogens with one attached hydrogen (secondary N) is 1. The first kappa shape index (κ1) is 13.2. The van der Waals surface area contributed by atoms with Gasteiger partial charge in [0.2, 0.25) is 0 Å². The van der Waals surface area contributed by atoms with Crippen molar-refractivity contribution in [3.8, 4) is 0 Å². The van der Waals surface area contributed by atoms with Crippen LogP contribution in [0.4, 0.5) is 10.5 Å². The maximum absolute atomic E-state index is 11.6. The smallest absolute Gasteiger partial charge is 0.290 e. The van der Waals surface area contributed by atoms with Crippen LogP contribution in [0.15, 0.2) is 29.2 Å². The fourth-order valence-corrected chi connectivity index (χ4v) is 3.14. The minimum atomic E-state index is -0.326. The van der Waals surface area contributed by atoms with Crippen LogP contribution in [0.3, 0.4) is 0 Å². The number of hydrogen-bond donors (Lipinski definition) is 2. The standard InChI is InChI=1S/C14H15N3O2S/c15-10-5-6-17(8-10)11-4-2-1-3-9(11)7-12-13(18)16-14(19)20-12/h1-4,7,10H,5-6,8,15H2,(H,16,18,19)/b12-7-/t10-/m0/s1. The summed E-state index contributed by atoms with van der Waals surface area (Å²) in [6.07, 6.45) is 2.74. The quantitative estimate of drug-likeness (QED) is 0.808. The van der Waals surface area contributed by atoms with Crippen molar-refractivity contribution in [3.63, 3.8) is 0 Å². The van der Waals surface area contributed by atoms with Crippen molar-refractivity contribution in [2.75, 3.05) is 18.0 Å². The van der Waals surface area contributed by atoms with Gasteiger partial charge >= 0.3 is 0 Å². The summed E-state index contributed by atoms with van der Waals surface area (Å²) < 4.78 is 0. The molecule has 2 aliphatic rings. The van der Waals surface area contributed by atoms with E-state index in [-0.39, 0.29) is 17.2 Å². The number of nitrogens with two attached hydrogens (primary N) is 1. The average molecular weight is 289 g/mol. The summed E-state index contributed by atoms with van der Waals surface area (Å²) in [5.74, 6) is -0.326. The van der Waals surface area contributed by atoms with E-state index < -0.39 is 0 Å². The second-order valence-corrected chi connectivity index (χ2v) is 5.92. The minimum absolute atomic E-state index is 0.196. The molecule has 2 saturated heterocycles.